The number of rotatable bonds is 7. The molecule has 1 aromatic rings. The Morgan fingerprint density at radius 1 is 1.33 bits per heavy atom. The number of hydrogen-bond acceptors (Lipinski definition) is 3. The lowest BCUT2D eigenvalue weighted by atomic mass is 10.1. The van der Waals surface area contributed by atoms with E-state index >= 15 is 0 Å². The van der Waals surface area contributed by atoms with E-state index in [1.54, 1.807) is 12.1 Å². The third kappa shape index (κ3) is 4.07. The highest BCUT2D eigenvalue weighted by Crippen LogP contribution is 2.34. The molecule has 3 nitrogen and oxygen atoms in total. The van der Waals surface area contributed by atoms with Crippen molar-refractivity contribution in [3.05, 3.63) is 22.7 Å². The summed E-state index contributed by atoms with van der Waals surface area (Å²) >= 11 is 6.02. The third-order valence-corrected chi connectivity index (χ3v) is 3.23. The molecule has 4 heteroatoms. The Bertz CT molecular complexity index is 382. The molecule has 0 atom stereocenters. The number of aromatic hydroxyl groups is 1. The predicted molar refractivity (Wildman–Crippen MR) is 75.5 cm³/mol. The van der Waals surface area contributed by atoms with Crippen LogP contribution in [0, 0.1) is 0 Å². The molecule has 0 saturated carbocycles. The van der Waals surface area contributed by atoms with Crippen molar-refractivity contribution in [1.82, 2.24) is 4.90 Å². The van der Waals surface area contributed by atoms with Crippen LogP contribution in [0.1, 0.15) is 32.3 Å². The zero-order valence-electron chi connectivity index (χ0n) is 11.4. The number of unbranched alkanes of at least 4 members (excludes halogenated alkanes) is 1. The summed E-state index contributed by atoms with van der Waals surface area (Å²) in [5, 5.41) is 10.7. The molecular formula is C14H22ClNO2. The minimum atomic E-state index is 0.192. The Hall–Kier alpha value is -0.930. The van der Waals surface area contributed by atoms with Crippen LogP contribution >= 0.6 is 11.6 Å². The van der Waals surface area contributed by atoms with Gasteiger partial charge in [-0.1, -0.05) is 31.9 Å². The van der Waals surface area contributed by atoms with E-state index in [0.29, 0.717) is 17.3 Å². The second kappa shape index (κ2) is 7.49. The first-order valence-electron chi connectivity index (χ1n) is 6.40. The van der Waals surface area contributed by atoms with Crippen molar-refractivity contribution in [2.24, 2.45) is 0 Å². The van der Waals surface area contributed by atoms with Gasteiger partial charge in [-0.05, 0) is 25.6 Å². The van der Waals surface area contributed by atoms with Crippen molar-refractivity contribution in [2.75, 3.05) is 20.2 Å². The Morgan fingerprint density at radius 2 is 2.06 bits per heavy atom. The van der Waals surface area contributed by atoms with Crippen molar-refractivity contribution in [3.63, 3.8) is 0 Å². The lowest BCUT2D eigenvalue weighted by molar-refractivity contribution is 0.269. The van der Waals surface area contributed by atoms with Crippen LogP contribution in [0.25, 0.3) is 0 Å². The average Bonchev–Trinajstić information content (AvgIpc) is 2.37. The molecule has 0 aliphatic heterocycles. The number of hydrogen-bond donors (Lipinski definition) is 1. The minimum Gasteiger partial charge on any atom is -0.504 e. The molecule has 102 valence electrons. The number of phenols is 1. The molecule has 0 bridgehead atoms. The van der Waals surface area contributed by atoms with Crippen LogP contribution in [0.3, 0.4) is 0 Å². The van der Waals surface area contributed by atoms with E-state index in [4.69, 9.17) is 16.3 Å². The van der Waals surface area contributed by atoms with E-state index in [2.05, 4.69) is 18.7 Å². The molecule has 0 heterocycles. The lowest BCUT2D eigenvalue weighted by Crippen LogP contribution is -2.24. The summed E-state index contributed by atoms with van der Waals surface area (Å²) in [4.78, 5) is 2.29. The second-order valence-corrected chi connectivity index (χ2v) is 4.77. The van der Waals surface area contributed by atoms with Gasteiger partial charge in [0.05, 0.1) is 7.11 Å². The number of methoxy groups -OCH3 is 1. The molecule has 0 aliphatic carbocycles. The number of benzene rings is 1. The molecular weight excluding hydrogens is 250 g/mol. The van der Waals surface area contributed by atoms with Gasteiger partial charge < -0.3 is 9.84 Å². The molecule has 0 fully saturated rings. The van der Waals surface area contributed by atoms with E-state index < -0.39 is 0 Å². The van der Waals surface area contributed by atoms with E-state index in [-0.39, 0.29) is 5.75 Å². The molecule has 0 spiro atoms. The van der Waals surface area contributed by atoms with Crippen LogP contribution in [-0.2, 0) is 6.54 Å². The van der Waals surface area contributed by atoms with Crippen LogP contribution in [0.2, 0.25) is 5.02 Å². The maximum absolute atomic E-state index is 10.1. The summed E-state index contributed by atoms with van der Waals surface area (Å²) in [6, 6.07) is 3.43. The Kier molecular flexibility index (Phi) is 6.30. The number of halogens is 1. The second-order valence-electron chi connectivity index (χ2n) is 4.34. The van der Waals surface area contributed by atoms with Crippen LogP contribution < -0.4 is 4.74 Å². The van der Waals surface area contributed by atoms with Crippen LogP contribution in [-0.4, -0.2) is 30.2 Å². The summed E-state index contributed by atoms with van der Waals surface area (Å²) in [5.74, 6) is 0.626. The fraction of sp³-hybridized carbons (Fsp3) is 0.571. The topological polar surface area (TPSA) is 32.7 Å². The maximum atomic E-state index is 10.1. The predicted octanol–water partition coefficient (Wildman–Crippen LogP) is 3.68. The quantitative estimate of drug-likeness (QED) is 0.821. The van der Waals surface area contributed by atoms with Crippen molar-refractivity contribution in [3.8, 4) is 11.5 Å². The van der Waals surface area contributed by atoms with Gasteiger partial charge >= 0.3 is 0 Å². The molecule has 0 unspecified atom stereocenters. The van der Waals surface area contributed by atoms with Gasteiger partial charge in [0, 0.05) is 23.2 Å². The molecule has 0 amide bonds. The first-order valence-corrected chi connectivity index (χ1v) is 6.77. The van der Waals surface area contributed by atoms with Crippen LogP contribution in [0.5, 0.6) is 11.5 Å². The number of phenolic OH excluding ortho intramolecular Hbond substituents is 1. The molecule has 0 saturated heterocycles. The highest BCUT2D eigenvalue weighted by molar-refractivity contribution is 6.30. The fourth-order valence-corrected chi connectivity index (χ4v) is 2.11. The molecule has 1 aromatic carbocycles. The molecule has 0 aliphatic rings. The van der Waals surface area contributed by atoms with Crippen molar-refractivity contribution >= 4 is 11.6 Å². The van der Waals surface area contributed by atoms with Gasteiger partial charge in [-0.2, -0.15) is 0 Å². The fourth-order valence-electron chi connectivity index (χ4n) is 1.88. The standard InChI is InChI=1S/C14H22ClNO2/c1-4-6-7-16(5-2)10-11-8-12(15)9-13(18-3)14(11)17/h8-9,17H,4-7,10H2,1-3H3. The van der Waals surface area contributed by atoms with Crippen molar-refractivity contribution < 1.29 is 9.84 Å². The third-order valence-electron chi connectivity index (χ3n) is 3.01. The highest BCUT2D eigenvalue weighted by Gasteiger charge is 2.12. The maximum Gasteiger partial charge on any atom is 0.162 e. The Balaban J connectivity index is 2.84. The SMILES string of the molecule is CCCCN(CC)Cc1cc(Cl)cc(OC)c1O. The zero-order chi connectivity index (χ0) is 13.5. The van der Waals surface area contributed by atoms with Gasteiger partial charge in [0.1, 0.15) is 0 Å². The molecule has 0 aromatic heterocycles. The summed E-state index contributed by atoms with van der Waals surface area (Å²) in [6.07, 6.45) is 2.33. The number of nitrogens with zero attached hydrogens (tertiary/aromatic N) is 1. The smallest absolute Gasteiger partial charge is 0.162 e. The Labute approximate surface area is 114 Å². The monoisotopic (exact) mass is 271 g/mol. The Morgan fingerprint density at radius 3 is 2.61 bits per heavy atom. The highest BCUT2D eigenvalue weighted by atomic mass is 35.5. The summed E-state index contributed by atoms with van der Waals surface area (Å²) < 4.78 is 5.11. The van der Waals surface area contributed by atoms with Gasteiger partial charge in [-0.15, -0.1) is 0 Å². The average molecular weight is 272 g/mol. The first kappa shape index (κ1) is 15.1. The normalized spacial score (nSPS) is 10.9. The molecule has 1 rings (SSSR count). The van der Waals surface area contributed by atoms with Gasteiger partial charge in [0.2, 0.25) is 0 Å². The van der Waals surface area contributed by atoms with Gasteiger partial charge in [0.25, 0.3) is 0 Å². The summed E-state index contributed by atoms with van der Waals surface area (Å²) in [7, 11) is 1.53. The molecule has 1 N–H and O–H groups in total. The largest absolute Gasteiger partial charge is 0.504 e. The van der Waals surface area contributed by atoms with Gasteiger partial charge in [0.15, 0.2) is 11.5 Å². The van der Waals surface area contributed by atoms with E-state index in [9.17, 15) is 5.11 Å². The van der Waals surface area contributed by atoms with Crippen LogP contribution in [0.4, 0.5) is 0 Å². The first-order chi connectivity index (χ1) is 8.62. The minimum absolute atomic E-state index is 0.192. The molecule has 0 radical (unpaired) electrons. The summed E-state index contributed by atoms with van der Waals surface area (Å²) in [5.41, 5.74) is 0.817. The van der Waals surface area contributed by atoms with Crippen molar-refractivity contribution in [2.45, 2.75) is 33.2 Å². The van der Waals surface area contributed by atoms with Crippen molar-refractivity contribution in [1.29, 1.82) is 0 Å². The van der Waals surface area contributed by atoms with Crippen LogP contribution in [0.15, 0.2) is 12.1 Å². The van der Waals surface area contributed by atoms with Gasteiger partial charge in [-0.25, -0.2) is 0 Å². The molecule has 18 heavy (non-hydrogen) atoms. The van der Waals surface area contributed by atoms with Gasteiger partial charge in [-0.3, -0.25) is 4.90 Å². The van der Waals surface area contributed by atoms with E-state index in [1.807, 2.05) is 0 Å². The summed E-state index contributed by atoms with van der Waals surface area (Å²) in [6.45, 7) is 6.97. The van der Waals surface area contributed by atoms with E-state index in [1.165, 1.54) is 13.5 Å². The van der Waals surface area contributed by atoms with E-state index in [0.717, 1.165) is 25.1 Å². The zero-order valence-corrected chi connectivity index (χ0v) is 12.1. The number of ether oxygens (including phenoxy) is 1. The lowest BCUT2D eigenvalue weighted by Gasteiger charge is -2.21.